The van der Waals surface area contributed by atoms with E-state index in [-0.39, 0.29) is 12.6 Å². The number of hydrogen-bond donors (Lipinski definition) is 1. The molecule has 92 valence electrons. The summed E-state index contributed by atoms with van der Waals surface area (Å²) < 4.78 is 5.28. The van der Waals surface area contributed by atoms with Crippen molar-refractivity contribution in [2.45, 2.75) is 6.61 Å². The molecule has 0 spiro atoms. The Morgan fingerprint density at radius 3 is 2.44 bits per heavy atom. The van der Waals surface area contributed by atoms with Crippen LogP contribution in [0.3, 0.4) is 0 Å². The Kier molecular flexibility index (Phi) is 3.97. The summed E-state index contributed by atoms with van der Waals surface area (Å²) in [6.07, 6.45) is 0. The zero-order chi connectivity index (χ0) is 12.8. The van der Waals surface area contributed by atoms with Gasteiger partial charge in [0.2, 0.25) is 0 Å². The second-order valence-electron chi connectivity index (χ2n) is 3.86. The van der Waals surface area contributed by atoms with E-state index in [2.05, 4.69) is 5.32 Å². The maximum atomic E-state index is 11.9. The van der Waals surface area contributed by atoms with Crippen molar-refractivity contribution in [1.29, 1.82) is 0 Å². The van der Waals surface area contributed by atoms with E-state index in [1.807, 2.05) is 48.5 Å². The van der Waals surface area contributed by atoms with Crippen LogP contribution < -0.4 is 5.32 Å². The van der Waals surface area contributed by atoms with Crippen LogP contribution in [0.15, 0.2) is 54.6 Å². The number of benzene rings is 2. The van der Waals surface area contributed by atoms with E-state index >= 15 is 0 Å². The lowest BCUT2D eigenvalue weighted by atomic mass is 10.2. The molecule has 0 bridgehead atoms. The second kappa shape index (κ2) is 5.87. The number of ether oxygens (including phenoxy) is 1. The van der Waals surface area contributed by atoms with Crippen molar-refractivity contribution < 1.29 is 9.53 Å². The Bertz CT molecular complexity index is 523. The van der Waals surface area contributed by atoms with Crippen molar-refractivity contribution in [3.05, 3.63) is 65.7 Å². The fourth-order valence-electron chi connectivity index (χ4n) is 1.68. The molecule has 18 heavy (non-hydrogen) atoms. The molecule has 0 heterocycles. The van der Waals surface area contributed by atoms with Gasteiger partial charge in [-0.1, -0.05) is 42.5 Å². The Labute approximate surface area is 106 Å². The smallest absolute Gasteiger partial charge is 0.340 e. The number of esters is 1. The normalized spacial score (nSPS) is 9.83. The summed E-state index contributed by atoms with van der Waals surface area (Å²) in [6, 6.07) is 16.9. The topological polar surface area (TPSA) is 38.3 Å². The predicted molar refractivity (Wildman–Crippen MR) is 71.6 cm³/mol. The van der Waals surface area contributed by atoms with Crippen LogP contribution in [0.25, 0.3) is 0 Å². The number of hydrogen-bond acceptors (Lipinski definition) is 3. The third-order valence-electron chi connectivity index (χ3n) is 2.63. The number of para-hydroxylation sites is 1. The zero-order valence-electron chi connectivity index (χ0n) is 10.2. The van der Waals surface area contributed by atoms with E-state index in [0.717, 1.165) is 11.3 Å². The first kappa shape index (κ1) is 12.2. The monoisotopic (exact) mass is 241 g/mol. The molecule has 3 nitrogen and oxygen atoms in total. The van der Waals surface area contributed by atoms with Gasteiger partial charge in [-0.25, -0.2) is 4.79 Å². The van der Waals surface area contributed by atoms with Gasteiger partial charge in [-0.15, -0.1) is 0 Å². The molecule has 3 heteroatoms. The van der Waals surface area contributed by atoms with Gasteiger partial charge < -0.3 is 10.1 Å². The summed E-state index contributed by atoms with van der Waals surface area (Å²) in [7, 11) is 1.78. The molecular weight excluding hydrogens is 226 g/mol. The van der Waals surface area contributed by atoms with E-state index in [4.69, 9.17) is 4.74 Å². The van der Waals surface area contributed by atoms with E-state index in [1.54, 1.807) is 13.1 Å². The van der Waals surface area contributed by atoms with Gasteiger partial charge in [0.15, 0.2) is 0 Å². The number of nitrogens with one attached hydrogen (secondary N) is 1. The summed E-state index contributed by atoms with van der Waals surface area (Å²) in [5.41, 5.74) is 2.30. The van der Waals surface area contributed by atoms with Crippen molar-refractivity contribution in [2.24, 2.45) is 0 Å². The predicted octanol–water partition coefficient (Wildman–Crippen LogP) is 3.09. The molecule has 1 N–H and O–H groups in total. The molecule has 0 unspecified atom stereocenters. The largest absolute Gasteiger partial charge is 0.457 e. The molecule has 2 rings (SSSR count). The van der Waals surface area contributed by atoms with Crippen LogP contribution in [-0.2, 0) is 11.3 Å². The van der Waals surface area contributed by atoms with Gasteiger partial charge in [0.25, 0.3) is 0 Å². The maximum Gasteiger partial charge on any atom is 0.340 e. The summed E-state index contributed by atoms with van der Waals surface area (Å²) in [4.78, 5) is 11.9. The highest BCUT2D eigenvalue weighted by Gasteiger charge is 2.11. The SMILES string of the molecule is CNc1ccccc1C(=O)OCc1ccccc1. The van der Waals surface area contributed by atoms with Crippen LogP contribution in [0.1, 0.15) is 15.9 Å². The maximum absolute atomic E-state index is 11.9. The van der Waals surface area contributed by atoms with Crippen molar-refractivity contribution in [2.75, 3.05) is 12.4 Å². The van der Waals surface area contributed by atoms with E-state index in [0.29, 0.717) is 5.56 Å². The summed E-state index contributed by atoms with van der Waals surface area (Å²) in [6.45, 7) is 0.289. The zero-order valence-corrected chi connectivity index (χ0v) is 10.2. The third-order valence-corrected chi connectivity index (χ3v) is 2.63. The van der Waals surface area contributed by atoms with Crippen LogP contribution in [0, 0.1) is 0 Å². The minimum absolute atomic E-state index is 0.289. The van der Waals surface area contributed by atoms with Crippen LogP contribution in [0.2, 0.25) is 0 Å². The lowest BCUT2D eigenvalue weighted by Crippen LogP contribution is -2.08. The number of carbonyl (C=O) groups excluding carboxylic acids is 1. The highest BCUT2D eigenvalue weighted by Crippen LogP contribution is 2.16. The van der Waals surface area contributed by atoms with Crippen LogP contribution >= 0.6 is 0 Å². The Morgan fingerprint density at radius 1 is 1.06 bits per heavy atom. The van der Waals surface area contributed by atoms with Crippen LogP contribution in [-0.4, -0.2) is 13.0 Å². The molecule has 0 saturated heterocycles. The van der Waals surface area contributed by atoms with Crippen molar-refractivity contribution >= 4 is 11.7 Å². The summed E-state index contributed by atoms with van der Waals surface area (Å²) in [5, 5.41) is 2.97. The summed E-state index contributed by atoms with van der Waals surface area (Å²) in [5.74, 6) is -0.316. The van der Waals surface area contributed by atoms with Gasteiger partial charge in [0, 0.05) is 12.7 Å². The van der Waals surface area contributed by atoms with Crippen molar-refractivity contribution in [3.8, 4) is 0 Å². The number of anilines is 1. The van der Waals surface area contributed by atoms with Crippen molar-refractivity contribution in [1.82, 2.24) is 0 Å². The highest BCUT2D eigenvalue weighted by molar-refractivity contribution is 5.95. The quantitative estimate of drug-likeness (QED) is 0.836. The minimum atomic E-state index is -0.316. The van der Waals surface area contributed by atoms with Gasteiger partial charge in [-0.3, -0.25) is 0 Å². The fraction of sp³-hybridized carbons (Fsp3) is 0.133. The highest BCUT2D eigenvalue weighted by atomic mass is 16.5. The fourth-order valence-corrected chi connectivity index (χ4v) is 1.68. The van der Waals surface area contributed by atoms with Gasteiger partial charge in [-0.05, 0) is 17.7 Å². The minimum Gasteiger partial charge on any atom is -0.457 e. The summed E-state index contributed by atoms with van der Waals surface area (Å²) >= 11 is 0. The standard InChI is InChI=1S/C15H15NO2/c1-16-14-10-6-5-9-13(14)15(17)18-11-12-7-3-2-4-8-12/h2-10,16H,11H2,1H3. The van der Waals surface area contributed by atoms with Gasteiger partial charge in [0.1, 0.15) is 6.61 Å². The molecule has 0 aliphatic heterocycles. The number of rotatable bonds is 4. The first-order valence-electron chi connectivity index (χ1n) is 5.79. The number of carbonyl (C=O) groups is 1. The average molecular weight is 241 g/mol. The molecule has 2 aromatic rings. The Morgan fingerprint density at radius 2 is 1.72 bits per heavy atom. The molecule has 0 amide bonds. The third kappa shape index (κ3) is 2.88. The first-order valence-corrected chi connectivity index (χ1v) is 5.79. The van der Waals surface area contributed by atoms with E-state index < -0.39 is 0 Å². The molecule has 2 aromatic carbocycles. The van der Waals surface area contributed by atoms with E-state index in [1.165, 1.54) is 0 Å². The van der Waals surface area contributed by atoms with Crippen LogP contribution in [0.5, 0.6) is 0 Å². The molecule has 0 radical (unpaired) electrons. The lowest BCUT2D eigenvalue weighted by molar-refractivity contribution is 0.0474. The molecule has 0 aliphatic rings. The first-order chi connectivity index (χ1) is 8.81. The van der Waals surface area contributed by atoms with Gasteiger partial charge in [-0.2, -0.15) is 0 Å². The van der Waals surface area contributed by atoms with Gasteiger partial charge >= 0.3 is 5.97 Å². The molecule has 0 fully saturated rings. The van der Waals surface area contributed by atoms with Gasteiger partial charge in [0.05, 0.1) is 5.56 Å². The Balaban J connectivity index is 2.04. The van der Waals surface area contributed by atoms with E-state index in [9.17, 15) is 4.79 Å². The van der Waals surface area contributed by atoms with Crippen LogP contribution in [0.4, 0.5) is 5.69 Å². The molecule has 0 aliphatic carbocycles. The molecule has 0 aromatic heterocycles. The molecule has 0 saturated carbocycles. The molecular formula is C15H15NO2. The molecule has 0 atom stereocenters. The second-order valence-corrected chi connectivity index (χ2v) is 3.86. The average Bonchev–Trinajstić information content (AvgIpc) is 2.45. The van der Waals surface area contributed by atoms with Crippen molar-refractivity contribution in [3.63, 3.8) is 0 Å². The lowest BCUT2D eigenvalue weighted by Gasteiger charge is -2.08. The Hall–Kier alpha value is -2.29.